The monoisotopic (exact) mass is 466 g/mol. The molecule has 2 aliphatic rings. The lowest BCUT2D eigenvalue weighted by molar-refractivity contribution is 0.0983. The summed E-state index contributed by atoms with van der Waals surface area (Å²) in [5.74, 6) is 1.02. The summed E-state index contributed by atoms with van der Waals surface area (Å²) in [4.78, 5) is 33.1. The number of benzene rings is 3. The number of aromatic nitrogens is 3. The van der Waals surface area contributed by atoms with Crippen LogP contribution in [0.4, 0.5) is 5.69 Å². The number of nitrogens with zero attached hydrogens (tertiary/aromatic N) is 4. The van der Waals surface area contributed by atoms with Crippen molar-refractivity contribution in [2.75, 3.05) is 19.1 Å². The molecule has 0 spiro atoms. The topological polar surface area (TPSA) is 86.6 Å². The van der Waals surface area contributed by atoms with Crippen LogP contribution >= 0.6 is 0 Å². The number of hydrogen-bond donors (Lipinski definition) is 0. The third-order valence-corrected chi connectivity index (χ3v) is 6.64. The Balaban J connectivity index is 1.64. The fourth-order valence-corrected chi connectivity index (χ4v) is 4.94. The molecule has 174 valence electrons. The van der Waals surface area contributed by atoms with Gasteiger partial charge < -0.3 is 9.47 Å². The largest absolute Gasteiger partial charge is 0.493 e. The van der Waals surface area contributed by atoms with E-state index in [0.29, 0.717) is 45.3 Å². The van der Waals surface area contributed by atoms with E-state index in [2.05, 4.69) is 11.9 Å². The molecule has 8 heteroatoms. The van der Waals surface area contributed by atoms with Gasteiger partial charge in [0, 0.05) is 16.7 Å². The van der Waals surface area contributed by atoms with E-state index in [0.717, 1.165) is 12.0 Å². The van der Waals surface area contributed by atoms with Crippen LogP contribution < -0.4 is 19.9 Å². The number of carbonyl (C=O) groups is 1. The van der Waals surface area contributed by atoms with Gasteiger partial charge in [0.15, 0.2) is 29.2 Å². The van der Waals surface area contributed by atoms with Gasteiger partial charge in [-0.15, -0.1) is 0 Å². The number of ether oxygens (including phenoxy) is 2. The average molecular weight is 466 g/mol. The van der Waals surface area contributed by atoms with Gasteiger partial charge in [0.05, 0.1) is 25.5 Å². The Morgan fingerprint density at radius 2 is 1.71 bits per heavy atom. The normalized spacial score (nSPS) is 15.2. The van der Waals surface area contributed by atoms with Crippen LogP contribution in [0.2, 0.25) is 0 Å². The third kappa shape index (κ3) is 2.92. The molecule has 6 rings (SSSR count). The second-order valence-electron chi connectivity index (χ2n) is 8.42. The minimum atomic E-state index is -0.621. The van der Waals surface area contributed by atoms with E-state index in [-0.39, 0.29) is 11.6 Å². The summed E-state index contributed by atoms with van der Waals surface area (Å²) in [7, 11) is 3.05. The van der Waals surface area contributed by atoms with Crippen LogP contribution in [0.5, 0.6) is 11.5 Å². The van der Waals surface area contributed by atoms with Crippen molar-refractivity contribution in [2.45, 2.75) is 19.5 Å². The fourth-order valence-electron chi connectivity index (χ4n) is 4.94. The van der Waals surface area contributed by atoms with E-state index in [1.807, 2.05) is 54.6 Å². The van der Waals surface area contributed by atoms with Gasteiger partial charge in [-0.3, -0.25) is 14.5 Å². The van der Waals surface area contributed by atoms with E-state index in [4.69, 9.17) is 14.6 Å². The van der Waals surface area contributed by atoms with E-state index in [9.17, 15) is 9.59 Å². The van der Waals surface area contributed by atoms with Gasteiger partial charge in [0.25, 0.3) is 11.5 Å². The summed E-state index contributed by atoms with van der Waals surface area (Å²) < 4.78 is 12.7. The number of amides is 1. The van der Waals surface area contributed by atoms with Gasteiger partial charge in [-0.1, -0.05) is 49.4 Å². The molecule has 1 aromatic heterocycles. The first-order valence-electron chi connectivity index (χ1n) is 11.3. The van der Waals surface area contributed by atoms with E-state index in [1.54, 1.807) is 15.6 Å². The first kappa shape index (κ1) is 21.1. The van der Waals surface area contributed by atoms with Gasteiger partial charge in [0.1, 0.15) is 0 Å². The number of fused-ring (bicyclic) bond motifs is 8. The predicted octanol–water partition coefficient (Wildman–Crippen LogP) is 4.07. The Bertz CT molecular complexity index is 1560. The molecule has 3 heterocycles. The molecule has 0 aliphatic carbocycles. The molecule has 0 saturated heterocycles. The molecule has 0 unspecified atom stereocenters. The van der Waals surface area contributed by atoms with Gasteiger partial charge in [-0.25, -0.2) is 4.68 Å². The lowest BCUT2D eigenvalue weighted by atomic mass is 10.0. The molecule has 35 heavy (non-hydrogen) atoms. The van der Waals surface area contributed by atoms with E-state index in [1.165, 1.54) is 14.2 Å². The quantitative estimate of drug-likeness (QED) is 0.451. The van der Waals surface area contributed by atoms with Crippen molar-refractivity contribution in [3.63, 3.8) is 0 Å². The molecule has 3 aromatic carbocycles. The zero-order chi connectivity index (χ0) is 24.3. The Morgan fingerprint density at radius 3 is 2.43 bits per heavy atom. The molecule has 1 amide bonds. The average Bonchev–Trinajstić information content (AvgIpc) is 3.20. The highest BCUT2D eigenvalue weighted by Gasteiger charge is 2.47. The maximum Gasteiger partial charge on any atom is 0.300 e. The van der Waals surface area contributed by atoms with Crippen LogP contribution in [-0.2, 0) is 6.42 Å². The van der Waals surface area contributed by atoms with Crippen molar-refractivity contribution in [3.05, 3.63) is 87.7 Å². The van der Waals surface area contributed by atoms with Gasteiger partial charge in [-0.05, 0) is 30.2 Å². The lowest BCUT2D eigenvalue weighted by Gasteiger charge is -2.34. The molecule has 0 bridgehead atoms. The first-order valence-corrected chi connectivity index (χ1v) is 11.3. The van der Waals surface area contributed by atoms with Crippen LogP contribution in [0.15, 0.2) is 65.5 Å². The molecule has 4 aromatic rings. The Hall–Kier alpha value is -4.46. The number of para-hydroxylation sites is 1. The van der Waals surface area contributed by atoms with E-state index < -0.39 is 11.7 Å². The highest BCUT2D eigenvalue weighted by atomic mass is 16.5. The molecule has 0 saturated carbocycles. The molecule has 0 fully saturated rings. The third-order valence-electron chi connectivity index (χ3n) is 6.64. The maximum absolute atomic E-state index is 13.8. The number of carbonyl (C=O) groups excluding carboxylic acids is 1. The standard InChI is InChI=1S/C27H22N4O4/c1-4-15-9-11-16(12-10-15)22-25(32)28-24-17-7-5-6-8-19(17)30-26(31(24)29-22)18-13-14-20(34-2)23(35-3)21(18)27(30)33/h5-14,26H,4H2,1-3H3/t26-/m1/s1. The second kappa shape index (κ2) is 7.80. The Morgan fingerprint density at radius 1 is 0.943 bits per heavy atom. The number of rotatable bonds is 4. The predicted molar refractivity (Wildman–Crippen MR) is 131 cm³/mol. The second-order valence-corrected chi connectivity index (χ2v) is 8.42. The smallest absolute Gasteiger partial charge is 0.300 e. The lowest BCUT2D eigenvalue weighted by Crippen LogP contribution is -2.39. The van der Waals surface area contributed by atoms with Crippen LogP contribution in [-0.4, -0.2) is 34.9 Å². The highest BCUT2D eigenvalue weighted by molar-refractivity contribution is 6.15. The van der Waals surface area contributed by atoms with Crippen LogP contribution in [0.25, 0.3) is 22.6 Å². The molecule has 0 radical (unpaired) electrons. The number of anilines is 1. The highest BCUT2D eigenvalue weighted by Crippen LogP contribution is 2.50. The minimum Gasteiger partial charge on any atom is -0.493 e. The first-order chi connectivity index (χ1) is 17.1. The van der Waals surface area contributed by atoms with Crippen LogP contribution in [0.3, 0.4) is 0 Å². The summed E-state index contributed by atoms with van der Waals surface area (Å²) in [5.41, 5.74) is 4.09. The molecule has 8 nitrogen and oxygen atoms in total. The summed E-state index contributed by atoms with van der Waals surface area (Å²) in [6, 6.07) is 18.7. The van der Waals surface area contributed by atoms with Crippen molar-refractivity contribution in [1.82, 2.24) is 14.8 Å². The Kier molecular flexibility index (Phi) is 4.70. The zero-order valence-corrected chi connectivity index (χ0v) is 19.5. The van der Waals surface area contributed by atoms with Crippen LogP contribution in [0.1, 0.15) is 34.6 Å². The van der Waals surface area contributed by atoms with Crippen molar-refractivity contribution in [1.29, 1.82) is 0 Å². The minimum absolute atomic E-state index is 0.229. The fraction of sp³-hybridized carbons (Fsp3) is 0.185. The molecular weight excluding hydrogens is 444 g/mol. The maximum atomic E-state index is 13.8. The zero-order valence-electron chi connectivity index (χ0n) is 19.5. The van der Waals surface area contributed by atoms with E-state index >= 15 is 0 Å². The number of methoxy groups -OCH3 is 2. The van der Waals surface area contributed by atoms with Crippen molar-refractivity contribution < 1.29 is 14.3 Å². The molecular formula is C27H22N4O4. The molecule has 2 aliphatic heterocycles. The van der Waals surface area contributed by atoms with Crippen molar-refractivity contribution in [3.8, 4) is 34.1 Å². The Labute approximate surface area is 201 Å². The summed E-state index contributed by atoms with van der Waals surface area (Å²) >= 11 is 0. The van der Waals surface area contributed by atoms with Crippen LogP contribution in [0, 0.1) is 0 Å². The molecule has 1 atom stereocenters. The molecule has 0 N–H and O–H groups in total. The summed E-state index contributed by atoms with van der Waals surface area (Å²) in [6.07, 6.45) is 0.275. The van der Waals surface area contributed by atoms with Gasteiger partial charge >= 0.3 is 0 Å². The van der Waals surface area contributed by atoms with Crippen molar-refractivity contribution >= 4 is 11.6 Å². The van der Waals surface area contributed by atoms with Crippen molar-refractivity contribution in [2.24, 2.45) is 0 Å². The SMILES string of the molecule is CCc1ccc(-c2nn3c(nc2=O)-c2ccccc2N2C(=O)c4c(ccc(OC)c4OC)[C@H]23)cc1. The van der Waals surface area contributed by atoms with Gasteiger partial charge in [-0.2, -0.15) is 10.1 Å². The number of hydrogen-bond acceptors (Lipinski definition) is 6. The van der Waals surface area contributed by atoms with Gasteiger partial charge in [0.2, 0.25) is 0 Å². The summed E-state index contributed by atoms with van der Waals surface area (Å²) in [6.45, 7) is 2.08. The number of aryl methyl sites for hydroxylation is 1. The summed E-state index contributed by atoms with van der Waals surface area (Å²) in [5, 5.41) is 4.79.